The molecule has 29 heavy (non-hydrogen) atoms. The first-order valence-corrected chi connectivity index (χ1v) is 9.92. The molecule has 1 aliphatic heterocycles. The van der Waals surface area contributed by atoms with Gasteiger partial charge < -0.3 is 14.6 Å². The third kappa shape index (κ3) is 3.74. The Morgan fingerprint density at radius 2 is 2.03 bits per heavy atom. The number of furan rings is 1. The molecule has 2 amide bonds. The number of piperidine rings is 1. The van der Waals surface area contributed by atoms with Gasteiger partial charge in [0.1, 0.15) is 0 Å². The first-order chi connectivity index (χ1) is 13.9. The second-order valence-corrected chi connectivity index (χ2v) is 7.73. The van der Waals surface area contributed by atoms with E-state index in [0.29, 0.717) is 42.9 Å². The number of hydrogen-bond donors (Lipinski definition) is 1. The van der Waals surface area contributed by atoms with Crippen molar-refractivity contribution in [3.8, 4) is 0 Å². The highest BCUT2D eigenvalue weighted by molar-refractivity contribution is 5.98. The van der Waals surface area contributed by atoms with E-state index in [-0.39, 0.29) is 23.9 Å². The summed E-state index contributed by atoms with van der Waals surface area (Å²) in [6.07, 6.45) is 4.66. The highest BCUT2D eigenvalue weighted by Gasteiger charge is 2.26. The van der Waals surface area contributed by atoms with Gasteiger partial charge >= 0.3 is 0 Å². The van der Waals surface area contributed by atoms with Crippen molar-refractivity contribution in [1.29, 1.82) is 0 Å². The second-order valence-electron chi connectivity index (χ2n) is 7.73. The Balaban J connectivity index is 1.41. The maximum Gasteiger partial charge on any atom is 0.289 e. The number of fused-ring (bicyclic) bond motifs is 1. The summed E-state index contributed by atoms with van der Waals surface area (Å²) in [7, 11) is 0. The summed E-state index contributed by atoms with van der Waals surface area (Å²) < 4.78 is 7.04. The third-order valence-electron chi connectivity index (χ3n) is 5.34. The van der Waals surface area contributed by atoms with Crippen molar-refractivity contribution in [1.82, 2.24) is 25.0 Å². The van der Waals surface area contributed by atoms with Crippen LogP contribution in [0.2, 0.25) is 0 Å². The number of rotatable bonds is 4. The molecule has 0 unspecified atom stereocenters. The molecule has 1 N–H and O–H groups in total. The smallest absolute Gasteiger partial charge is 0.289 e. The average molecular weight is 395 g/mol. The Kier molecular flexibility index (Phi) is 5.08. The highest BCUT2D eigenvalue weighted by atomic mass is 16.3. The Bertz CT molecular complexity index is 1030. The topological polar surface area (TPSA) is 93.3 Å². The minimum absolute atomic E-state index is 0.0247. The number of amides is 2. The van der Waals surface area contributed by atoms with Gasteiger partial charge in [-0.05, 0) is 51.8 Å². The number of nitrogens with one attached hydrogen (secondary N) is 1. The maximum absolute atomic E-state index is 12.8. The van der Waals surface area contributed by atoms with Crippen LogP contribution in [0.3, 0.4) is 0 Å². The standard InChI is InChI=1S/C21H25N5O3/c1-13(2)26-19-15(12-22-26)11-17(14(3)23-19)20(27)24-16-6-8-25(9-7-16)21(28)18-5-4-10-29-18/h4-5,10-13,16H,6-9H2,1-3H3,(H,24,27). The van der Waals surface area contributed by atoms with Crippen molar-refractivity contribution >= 4 is 22.8 Å². The fourth-order valence-corrected chi connectivity index (χ4v) is 3.72. The van der Waals surface area contributed by atoms with Gasteiger partial charge in [-0.15, -0.1) is 0 Å². The summed E-state index contributed by atoms with van der Waals surface area (Å²) in [6, 6.07) is 5.46. The van der Waals surface area contributed by atoms with Crippen molar-refractivity contribution in [3.63, 3.8) is 0 Å². The summed E-state index contributed by atoms with van der Waals surface area (Å²) in [5.41, 5.74) is 2.04. The predicted octanol–water partition coefficient (Wildman–Crippen LogP) is 2.95. The lowest BCUT2D eigenvalue weighted by molar-refractivity contribution is 0.0667. The third-order valence-corrected chi connectivity index (χ3v) is 5.34. The first-order valence-electron chi connectivity index (χ1n) is 9.92. The van der Waals surface area contributed by atoms with Crippen LogP contribution in [0, 0.1) is 6.92 Å². The first kappa shape index (κ1) is 19.2. The van der Waals surface area contributed by atoms with Gasteiger partial charge in [0.05, 0.1) is 23.7 Å². The van der Waals surface area contributed by atoms with Crippen molar-refractivity contribution in [2.24, 2.45) is 0 Å². The lowest BCUT2D eigenvalue weighted by Crippen LogP contribution is -2.46. The van der Waals surface area contributed by atoms with E-state index in [9.17, 15) is 9.59 Å². The van der Waals surface area contributed by atoms with E-state index in [1.807, 2.05) is 31.5 Å². The summed E-state index contributed by atoms with van der Waals surface area (Å²) in [5, 5.41) is 8.33. The minimum Gasteiger partial charge on any atom is -0.459 e. The zero-order chi connectivity index (χ0) is 20.5. The van der Waals surface area contributed by atoms with E-state index < -0.39 is 0 Å². The van der Waals surface area contributed by atoms with Crippen molar-refractivity contribution in [2.75, 3.05) is 13.1 Å². The lowest BCUT2D eigenvalue weighted by atomic mass is 10.0. The highest BCUT2D eigenvalue weighted by Crippen LogP contribution is 2.20. The Hall–Kier alpha value is -3.16. The van der Waals surface area contributed by atoms with Crippen LogP contribution in [-0.2, 0) is 0 Å². The molecule has 8 nitrogen and oxygen atoms in total. The molecule has 0 bridgehead atoms. The fourth-order valence-electron chi connectivity index (χ4n) is 3.72. The van der Waals surface area contributed by atoms with Crippen molar-refractivity contribution in [3.05, 3.63) is 47.7 Å². The van der Waals surface area contributed by atoms with Crippen LogP contribution in [0.15, 0.2) is 35.1 Å². The number of carbonyl (C=O) groups is 2. The molecule has 1 aliphatic rings. The van der Waals surface area contributed by atoms with Gasteiger partial charge in [0.25, 0.3) is 11.8 Å². The molecule has 3 aromatic heterocycles. The monoisotopic (exact) mass is 395 g/mol. The van der Waals surface area contributed by atoms with E-state index in [1.165, 1.54) is 6.26 Å². The molecule has 1 saturated heterocycles. The van der Waals surface area contributed by atoms with Gasteiger partial charge in [0, 0.05) is 30.6 Å². The molecule has 3 aromatic rings. The van der Waals surface area contributed by atoms with Gasteiger partial charge in [-0.25, -0.2) is 9.67 Å². The molecule has 0 spiro atoms. The predicted molar refractivity (Wildman–Crippen MR) is 108 cm³/mol. The number of carbonyl (C=O) groups excluding carboxylic acids is 2. The van der Waals surface area contributed by atoms with E-state index >= 15 is 0 Å². The van der Waals surface area contributed by atoms with Crippen molar-refractivity contribution < 1.29 is 14.0 Å². The van der Waals surface area contributed by atoms with Gasteiger partial charge in [-0.3, -0.25) is 9.59 Å². The number of likely N-dealkylation sites (tertiary alicyclic amines) is 1. The molecule has 4 rings (SSSR count). The summed E-state index contributed by atoms with van der Waals surface area (Å²) in [5.74, 6) is 0.113. The molecule has 0 radical (unpaired) electrons. The molecule has 4 heterocycles. The quantitative estimate of drug-likeness (QED) is 0.733. The lowest BCUT2D eigenvalue weighted by Gasteiger charge is -2.32. The van der Waals surface area contributed by atoms with Gasteiger partial charge in [-0.2, -0.15) is 5.10 Å². The van der Waals surface area contributed by atoms with E-state index in [1.54, 1.807) is 23.2 Å². The van der Waals surface area contributed by atoms with Crippen LogP contribution < -0.4 is 5.32 Å². The number of nitrogens with zero attached hydrogens (tertiary/aromatic N) is 4. The van der Waals surface area contributed by atoms with Crippen LogP contribution >= 0.6 is 0 Å². The molecule has 8 heteroatoms. The van der Waals surface area contributed by atoms with Crippen molar-refractivity contribution in [2.45, 2.75) is 45.7 Å². The zero-order valence-electron chi connectivity index (χ0n) is 16.9. The average Bonchev–Trinajstić information content (AvgIpc) is 3.37. The number of aromatic nitrogens is 3. The van der Waals surface area contributed by atoms with Gasteiger partial charge in [0.15, 0.2) is 11.4 Å². The molecule has 152 valence electrons. The normalized spacial score (nSPS) is 15.2. The molecule has 1 fully saturated rings. The minimum atomic E-state index is -0.134. The molecule has 0 aromatic carbocycles. The SMILES string of the molecule is Cc1nc2c(cnn2C(C)C)cc1C(=O)NC1CCN(C(=O)c2ccco2)CC1. The molecule has 0 aliphatic carbocycles. The Morgan fingerprint density at radius 1 is 1.28 bits per heavy atom. The van der Waals surface area contributed by atoms with E-state index in [0.717, 1.165) is 11.0 Å². The van der Waals surface area contributed by atoms with Gasteiger partial charge in [0.2, 0.25) is 0 Å². The Morgan fingerprint density at radius 3 is 2.69 bits per heavy atom. The van der Waals surface area contributed by atoms with Crippen LogP contribution in [0.5, 0.6) is 0 Å². The number of pyridine rings is 1. The van der Waals surface area contributed by atoms with Crippen LogP contribution in [0.25, 0.3) is 11.0 Å². The fraction of sp³-hybridized carbons (Fsp3) is 0.429. The summed E-state index contributed by atoms with van der Waals surface area (Å²) in [6.45, 7) is 7.11. The van der Waals surface area contributed by atoms with Crippen LogP contribution in [-0.4, -0.2) is 50.6 Å². The van der Waals surface area contributed by atoms with Crippen LogP contribution in [0.1, 0.15) is 59.3 Å². The van der Waals surface area contributed by atoms with E-state index in [2.05, 4.69) is 15.4 Å². The van der Waals surface area contributed by atoms with Crippen LogP contribution in [0.4, 0.5) is 0 Å². The Labute approximate surface area is 168 Å². The van der Waals surface area contributed by atoms with E-state index in [4.69, 9.17) is 4.42 Å². The number of hydrogen-bond acceptors (Lipinski definition) is 5. The number of aryl methyl sites for hydroxylation is 1. The summed E-state index contributed by atoms with van der Waals surface area (Å²) in [4.78, 5) is 31.6. The summed E-state index contributed by atoms with van der Waals surface area (Å²) >= 11 is 0. The second kappa shape index (κ2) is 7.69. The zero-order valence-corrected chi connectivity index (χ0v) is 16.9. The molecular weight excluding hydrogens is 370 g/mol. The maximum atomic E-state index is 12.8. The molecular formula is C21H25N5O3. The van der Waals surface area contributed by atoms with Gasteiger partial charge in [-0.1, -0.05) is 0 Å². The largest absolute Gasteiger partial charge is 0.459 e. The molecule has 0 atom stereocenters. The molecule has 0 saturated carbocycles.